The molecule has 0 bridgehead atoms. The van der Waals surface area contributed by atoms with Crippen molar-refractivity contribution in [1.29, 1.82) is 0 Å². The summed E-state index contributed by atoms with van der Waals surface area (Å²) in [6.07, 6.45) is 6.41. The van der Waals surface area contributed by atoms with Gasteiger partial charge in [-0.1, -0.05) is 18.6 Å². The molecular weight excluding hydrogens is 479 g/mol. The van der Waals surface area contributed by atoms with E-state index in [9.17, 15) is 0 Å². The van der Waals surface area contributed by atoms with E-state index in [0.29, 0.717) is 6.04 Å². The Labute approximate surface area is 191 Å². The minimum absolute atomic E-state index is 0. The van der Waals surface area contributed by atoms with E-state index < -0.39 is 0 Å². The summed E-state index contributed by atoms with van der Waals surface area (Å²) in [5.74, 6) is 2.69. The third-order valence-corrected chi connectivity index (χ3v) is 5.26. The maximum Gasteiger partial charge on any atom is 0.191 e. The van der Waals surface area contributed by atoms with Gasteiger partial charge in [0.15, 0.2) is 5.96 Å². The van der Waals surface area contributed by atoms with Gasteiger partial charge >= 0.3 is 0 Å². The molecule has 1 atom stereocenters. The Morgan fingerprint density at radius 2 is 1.90 bits per heavy atom. The molecule has 160 valence electrons. The van der Waals surface area contributed by atoms with Crippen LogP contribution in [-0.2, 0) is 6.42 Å². The van der Waals surface area contributed by atoms with Gasteiger partial charge in [-0.25, -0.2) is 0 Å². The third kappa shape index (κ3) is 7.22. The van der Waals surface area contributed by atoms with Crippen LogP contribution in [-0.4, -0.2) is 51.2 Å². The van der Waals surface area contributed by atoms with Gasteiger partial charge in [0.05, 0.1) is 19.4 Å². The van der Waals surface area contributed by atoms with Crippen LogP contribution in [0.15, 0.2) is 52.1 Å². The number of hydrogen-bond donors (Lipinski definition) is 2. The van der Waals surface area contributed by atoms with E-state index in [1.807, 2.05) is 31.3 Å². The number of methoxy groups -OCH3 is 1. The van der Waals surface area contributed by atoms with Crippen molar-refractivity contribution >= 4 is 29.9 Å². The summed E-state index contributed by atoms with van der Waals surface area (Å²) >= 11 is 0. The molecule has 0 radical (unpaired) electrons. The summed E-state index contributed by atoms with van der Waals surface area (Å²) < 4.78 is 10.7. The molecule has 1 aromatic carbocycles. The lowest BCUT2D eigenvalue weighted by molar-refractivity contribution is 0.164. The first-order valence-electron chi connectivity index (χ1n) is 10.1. The fourth-order valence-electron chi connectivity index (χ4n) is 3.69. The number of guanidine groups is 1. The highest BCUT2D eigenvalue weighted by Gasteiger charge is 2.22. The standard InChI is InChI=1S/C22H32N4O2.HI/c1-23-22(24-13-12-20-7-6-16-28-20)25-17-21(26-14-4-3-5-15-26)18-8-10-19(27-2)11-9-18;/h6-11,16,21H,3-5,12-15,17H2,1-2H3,(H2,23,24,25);1H. The lowest BCUT2D eigenvalue weighted by Crippen LogP contribution is -2.44. The molecule has 1 aliphatic heterocycles. The number of nitrogens with one attached hydrogen (secondary N) is 2. The number of piperidine rings is 1. The van der Waals surface area contributed by atoms with Crippen molar-refractivity contribution in [2.45, 2.75) is 31.7 Å². The van der Waals surface area contributed by atoms with E-state index in [-0.39, 0.29) is 24.0 Å². The largest absolute Gasteiger partial charge is 0.497 e. The van der Waals surface area contributed by atoms with E-state index in [1.165, 1.54) is 24.8 Å². The number of likely N-dealkylation sites (tertiary alicyclic amines) is 1. The van der Waals surface area contributed by atoms with Crippen LogP contribution >= 0.6 is 24.0 Å². The second kappa shape index (κ2) is 12.7. The van der Waals surface area contributed by atoms with E-state index in [2.05, 4.69) is 32.7 Å². The van der Waals surface area contributed by atoms with Crippen LogP contribution in [0, 0.1) is 0 Å². The van der Waals surface area contributed by atoms with Crippen molar-refractivity contribution in [3.05, 3.63) is 54.0 Å². The maximum absolute atomic E-state index is 5.39. The number of hydrogen-bond acceptors (Lipinski definition) is 4. The van der Waals surface area contributed by atoms with Crippen LogP contribution in [0.3, 0.4) is 0 Å². The van der Waals surface area contributed by atoms with Crippen LogP contribution in [0.2, 0.25) is 0 Å². The molecule has 2 aromatic rings. The Kier molecular flexibility index (Phi) is 10.3. The fourth-order valence-corrected chi connectivity index (χ4v) is 3.69. The Bertz CT molecular complexity index is 713. The zero-order valence-electron chi connectivity index (χ0n) is 17.4. The summed E-state index contributed by atoms with van der Waals surface area (Å²) in [6, 6.07) is 12.7. The normalized spacial score (nSPS) is 16.0. The molecule has 0 aliphatic carbocycles. The molecule has 0 spiro atoms. The highest BCUT2D eigenvalue weighted by atomic mass is 127. The number of nitrogens with zero attached hydrogens (tertiary/aromatic N) is 2. The molecule has 7 heteroatoms. The highest BCUT2D eigenvalue weighted by Crippen LogP contribution is 2.25. The molecule has 0 saturated carbocycles. The molecular formula is C22H33IN4O2. The van der Waals surface area contributed by atoms with E-state index in [4.69, 9.17) is 9.15 Å². The van der Waals surface area contributed by atoms with Gasteiger partial charge in [0.2, 0.25) is 0 Å². The lowest BCUT2D eigenvalue weighted by atomic mass is 10.0. The van der Waals surface area contributed by atoms with E-state index in [0.717, 1.165) is 50.1 Å². The summed E-state index contributed by atoms with van der Waals surface area (Å²) in [7, 11) is 3.52. The third-order valence-electron chi connectivity index (χ3n) is 5.26. The Balaban J connectivity index is 0.00000300. The molecule has 2 N–H and O–H groups in total. The van der Waals surface area contributed by atoms with Crippen LogP contribution in [0.4, 0.5) is 0 Å². The van der Waals surface area contributed by atoms with Crippen molar-refractivity contribution in [2.75, 3.05) is 40.3 Å². The zero-order chi connectivity index (χ0) is 19.6. The molecule has 2 heterocycles. The van der Waals surface area contributed by atoms with Crippen LogP contribution in [0.25, 0.3) is 0 Å². The predicted molar refractivity (Wildman–Crippen MR) is 128 cm³/mol. The number of benzene rings is 1. The predicted octanol–water partition coefficient (Wildman–Crippen LogP) is 3.84. The van der Waals surface area contributed by atoms with Crippen LogP contribution < -0.4 is 15.4 Å². The SMILES string of the molecule is CN=C(NCCc1ccco1)NCC(c1ccc(OC)cc1)N1CCCCC1.I. The number of aliphatic imine (C=N–C) groups is 1. The first kappa shape index (κ1) is 23.5. The van der Waals surface area contributed by atoms with Crippen LogP contribution in [0.1, 0.15) is 36.6 Å². The van der Waals surface area contributed by atoms with Crippen molar-refractivity contribution in [3.8, 4) is 5.75 Å². The summed E-state index contributed by atoms with van der Waals surface area (Å²) in [4.78, 5) is 6.95. The average Bonchev–Trinajstić information content (AvgIpc) is 3.27. The Hall–Kier alpha value is -1.74. The van der Waals surface area contributed by atoms with Gasteiger partial charge in [0.25, 0.3) is 0 Å². The average molecular weight is 512 g/mol. The molecule has 1 fully saturated rings. The maximum atomic E-state index is 5.39. The van der Waals surface area contributed by atoms with Gasteiger partial charge in [-0.3, -0.25) is 9.89 Å². The first-order valence-corrected chi connectivity index (χ1v) is 10.1. The van der Waals surface area contributed by atoms with Crippen molar-refractivity contribution in [3.63, 3.8) is 0 Å². The van der Waals surface area contributed by atoms with Crippen molar-refractivity contribution in [1.82, 2.24) is 15.5 Å². The minimum atomic E-state index is 0. The smallest absolute Gasteiger partial charge is 0.191 e. The number of furan rings is 1. The number of halogens is 1. The second-order valence-corrected chi connectivity index (χ2v) is 7.09. The number of ether oxygens (including phenoxy) is 1. The van der Waals surface area contributed by atoms with Gasteiger partial charge in [-0.15, -0.1) is 24.0 Å². The summed E-state index contributed by atoms with van der Waals surface area (Å²) in [5.41, 5.74) is 1.31. The summed E-state index contributed by atoms with van der Waals surface area (Å²) in [5, 5.41) is 6.89. The van der Waals surface area contributed by atoms with Gasteiger partial charge < -0.3 is 19.8 Å². The molecule has 29 heavy (non-hydrogen) atoms. The highest BCUT2D eigenvalue weighted by molar-refractivity contribution is 14.0. The van der Waals surface area contributed by atoms with Gasteiger partial charge in [0.1, 0.15) is 11.5 Å². The van der Waals surface area contributed by atoms with E-state index >= 15 is 0 Å². The zero-order valence-corrected chi connectivity index (χ0v) is 19.7. The summed E-state index contributed by atoms with van der Waals surface area (Å²) in [6.45, 7) is 3.88. The molecule has 1 unspecified atom stereocenters. The number of rotatable bonds is 8. The lowest BCUT2D eigenvalue weighted by Gasteiger charge is -2.35. The monoisotopic (exact) mass is 512 g/mol. The molecule has 0 amide bonds. The first-order chi connectivity index (χ1) is 13.8. The van der Waals surface area contributed by atoms with Gasteiger partial charge in [-0.2, -0.15) is 0 Å². The van der Waals surface area contributed by atoms with Crippen LogP contribution in [0.5, 0.6) is 5.75 Å². The topological polar surface area (TPSA) is 62.0 Å². The Morgan fingerprint density at radius 1 is 1.14 bits per heavy atom. The minimum Gasteiger partial charge on any atom is -0.497 e. The van der Waals surface area contributed by atoms with Crippen molar-refractivity contribution in [2.24, 2.45) is 4.99 Å². The molecule has 1 aromatic heterocycles. The fraction of sp³-hybridized carbons (Fsp3) is 0.500. The van der Waals surface area contributed by atoms with Gasteiger partial charge in [-0.05, 0) is 55.8 Å². The molecule has 6 nitrogen and oxygen atoms in total. The molecule has 1 saturated heterocycles. The van der Waals surface area contributed by atoms with Crippen molar-refractivity contribution < 1.29 is 9.15 Å². The Morgan fingerprint density at radius 3 is 2.52 bits per heavy atom. The van der Waals surface area contributed by atoms with Gasteiger partial charge in [0, 0.05) is 26.6 Å². The second-order valence-electron chi connectivity index (χ2n) is 7.09. The molecule has 3 rings (SSSR count). The van der Waals surface area contributed by atoms with E-state index in [1.54, 1.807) is 13.4 Å². The molecule has 1 aliphatic rings. The quantitative estimate of drug-likeness (QED) is 0.320.